The van der Waals surface area contributed by atoms with Crippen LogP contribution in [-0.2, 0) is 16.6 Å². The van der Waals surface area contributed by atoms with Gasteiger partial charge in [0.15, 0.2) is 0 Å². The first-order chi connectivity index (χ1) is 8.52. The van der Waals surface area contributed by atoms with Gasteiger partial charge in [0.05, 0.1) is 4.90 Å². The summed E-state index contributed by atoms with van der Waals surface area (Å²) in [6.45, 7) is 6.14. The fourth-order valence-electron chi connectivity index (χ4n) is 1.61. The quantitative estimate of drug-likeness (QED) is 0.755. The van der Waals surface area contributed by atoms with E-state index in [2.05, 4.69) is 10.3 Å². The highest BCUT2D eigenvalue weighted by molar-refractivity contribution is 7.89. The number of aromatic amines is 1. The van der Waals surface area contributed by atoms with Crippen molar-refractivity contribution in [2.24, 2.45) is 0 Å². The molecule has 0 radical (unpaired) electrons. The molecule has 0 saturated carbocycles. The van der Waals surface area contributed by atoms with Gasteiger partial charge in [-0.3, -0.25) is 0 Å². The molecule has 0 amide bonds. The third-order valence-electron chi connectivity index (χ3n) is 2.82. The first kappa shape index (κ1) is 15.2. The van der Waals surface area contributed by atoms with E-state index in [-0.39, 0.29) is 0 Å². The van der Waals surface area contributed by atoms with E-state index >= 15 is 0 Å². The maximum Gasteiger partial charge on any atom is 0.244 e. The number of unbranched alkanes of at least 4 members (excludes halogenated alkanes) is 1. The van der Waals surface area contributed by atoms with Crippen LogP contribution < -0.4 is 5.32 Å². The average molecular weight is 273 g/mol. The third kappa shape index (κ3) is 3.83. The predicted octanol–water partition coefficient (Wildman–Crippen LogP) is 1.54. The summed E-state index contributed by atoms with van der Waals surface area (Å²) >= 11 is 0. The molecule has 0 aliphatic carbocycles. The third-order valence-corrected chi connectivity index (χ3v) is 4.65. The van der Waals surface area contributed by atoms with Crippen molar-refractivity contribution in [1.82, 2.24) is 14.6 Å². The van der Waals surface area contributed by atoms with Crippen molar-refractivity contribution in [3.05, 3.63) is 18.0 Å². The Bertz CT molecular complexity index is 454. The van der Waals surface area contributed by atoms with Crippen molar-refractivity contribution in [2.45, 2.75) is 38.1 Å². The monoisotopic (exact) mass is 273 g/mol. The Kier molecular flexibility index (Phi) is 5.84. The van der Waals surface area contributed by atoms with E-state index in [0.717, 1.165) is 25.1 Å². The van der Waals surface area contributed by atoms with Gasteiger partial charge in [-0.2, -0.15) is 0 Å². The Balaban J connectivity index is 2.75. The largest absolute Gasteiger partial charge is 0.363 e. The molecule has 0 unspecified atom stereocenters. The number of nitrogens with zero attached hydrogens (tertiary/aromatic N) is 1. The molecule has 1 aromatic heterocycles. The first-order valence-corrected chi connectivity index (χ1v) is 7.80. The lowest BCUT2D eigenvalue weighted by molar-refractivity contribution is 0.459. The second kappa shape index (κ2) is 6.92. The van der Waals surface area contributed by atoms with E-state index < -0.39 is 10.0 Å². The second-order valence-corrected chi connectivity index (χ2v) is 6.37. The number of hydrogen-bond donors (Lipinski definition) is 2. The molecular weight excluding hydrogens is 250 g/mol. The van der Waals surface area contributed by atoms with Crippen LogP contribution in [0.5, 0.6) is 0 Å². The smallest absolute Gasteiger partial charge is 0.244 e. The molecule has 0 aliphatic rings. The van der Waals surface area contributed by atoms with Crippen LogP contribution in [0.2, 0.25) is 0 Å². The van der Waals surface area contributed by atoms with Crippen molar-refractivity contribution in [1.29, 1.82) is 0 Å². The summed E-state index contributed by atoms with van der Waals surface area (Å²) in [5.41, 5.74) is 0.888. The van der Waals surface area contributed by atoms with Gasteiger partial charge in [0.1, 0.15) is 0 Å². The van der Waals surface area contributed by atoms with Crippen LogP contribution >= 0.6 is 0 Å². The molecule has 0 atom stereocenters. The number of rotatable bonds is 8. The summed E-state index contributed by atoms with van der Waals surface area (Å²) in [6.07, 6.45) is 3.42. The molecule has 5 nitrogen and oxygen atoms in total. The van der Waals surface area contributed by atoms with Crippen molar-refractivity contribution in [3.8, 4) is 0 Å². The van der Waals surface area contributed by atoms with Gasteiger partial charge in [-0.1, -0.05) is 20.3 Å². The Hall–Kier alpha value is -0.850. The highest BCUT2D eigenvalue weighted by Crippen LogP contribution is 2.16. The molecular formula is C12H23N3O2S. The molecule has 2 N–H and O–H groups in total. The summed E-state index contributed by atoms with van der Waals surface area (Å²) < 4.78 is 25.8. The molecule has 6 heteroatoms. The van der Waals surface area contributed by atoms with Crippen LogP contribution in [0.1, 0.15) is 32.4 Å². The molecule has 0 bridgehead atoms. The summed E-state index contributed by atoms with van der Waals surface area (Å²) in [5.74, 6) is 0. The molecule has 0 fully saturated rings. The molecule has 1 rings (SSSR count). The Morgan fingerprint density at radius 1 is 1.39 bits per heavy atom. The van der Waals surface area contributed by atoms with Gasteiger partial charge in [0.25, 0.3) is 0 Å². The Labute approximate surface area is 110 Å². The van der Waals surface area contributed by atoms with Crippen molar-refractivity contribution >= 4 is 10.0 Å². The number of hydrogen-bond acceptors (Lipinski definition) is 3. The maximum absolute atomic E-state index is 12.2. The van der Waals surface area contributed by atoms with E-state index in [4.69, 9.17) is 0 Å². The average Bonchev–Trinajstić information content (AvgIpc) is 2.82. The van der Waals surface area contributed by atoms with Crippen molar-refractivity contribution < 1.29 is 8.42 Å². The second-order valence-electron chi connectivity index (χ2n) is 4.32. The van der Waals surface area contributed by atoms with Gasteiger partial charge in [-0.25, -0.2) is 12.7 Å². The lowest BCUT2D eigenvalue weighted by atomic mass is 10.3. The minimum atomic E-state index is -3.34. The van der Waals surface area contributed by atoms with Gasteiger partial charge in [0, 0.05) is 32.0 Å². The molecule has 0 saturated heterocycles. The minimum Gasteiger partial charge on any atom is -0.363 e. The first-order valence-electron chi connectivity index (χ1n) is 6.36. The van der Waals surface area contributed by atoms with Gasteiger partial charge in [-0.15, -0.1) is 0 Å². The summed E-state index contributed by atoms with van der Waals surface area (Å²) in [4.78, 5) is 3.33. The van der Waals surface area contributed by atoms with Gasteiger partial charge in [0.2, 0.25) is 10.0 Å². The van der Waals surface area contributed by atoms with Gasteiger partial charge < -0.3 is 10.3 Å². The zero-order valence-electron chi connectivity index (χ0n) is 11.4. The normalized spacial score (nSPS) is 12.2. The molecule has 0 aromatic carbocycles. The fourth-order valence-corrected chi connectivity index (χ4v) is 2.84. The molecule has 104 valence electrons. The van der Waals surface area contributed by atoms with E-state index in [0.29, 0.717) is 18.0 Å². The summed E-state index contributed by atoms with van der Waals surface area (Å²) in [6, 6.07) is 1.69. The Morgan fingerprint density at radius 2 is 2.11 bits per heavy atom. The molecule has 0 aliphatic heterocycles. The lowest BCUT2D eigenvalue weighted by Gasteiger charge is -2.15. The number of sulfonamides is 1. The molecule has 1 heterocycles. The van der Waals surface area contributed by atoms with E-state index in [1.807, 2.05) is 13.8 Å². The van der Waals surface area contributed by atoms with E-state index in [1.54, 1.807) is 19.3 Å². The molecule has 0 spiro atoms. The van der Waals surface area contributed by atoms with Crippen LogP contribution in [0.3, 0.4) is 0 Å². The number of aromatic nitrogens is 1. The van der Waals surface area contributed by atoms with Crippen molar-refractivity contribution in [3.63, 3.8) is 0 Å². The van der Waals surface area contributed by atoms with Crippen molar-refractivity contribution in [2.75, 3.05) is 20.1 Å². The maximum atomic E-state index is 12.2. The molecule has 18 heavy (non-hydrogen) atoms. The van der Waals surface area contributed by atoms with Gasteiger partial charge >= 0.3 is 0 Å². The zero-order chi connectivity index (χ0) is 13.6. The fraction of sp³-hybridized carbons (Fsp3) is 0.667. The predicted molar refractivity (Wildman–Crippen MR) is 72.9 cm³/mol. The topological polar surface area (TPSA) is 65.2 Å². The lowest BCUT2D eigenvalue weighted by Crippen LogP contribution is -2.27. The van der Waals surface area contributed by atoms with Crippen LogP contribution in [0.25, 0.3) is 0 Å². The standard InChI is InChI=1S/C12H23N3O2S/c1-4-6-7-15(3)18(16,17)12-8-11(14-10-12)9-13-5-2/h8,10,13-14H,4-7,9H2,1-3H3. The Morgan fingerprint density at radius 3 is 2.72 bits per heavy atom. The number of nitrogens with one attached hydrogen (secondary N) is 2. The van der Waals surface area contributed by atoms with Gasteiger partial charge in [-0.05, 0) is 19.0 Å². The minimum absolute atomic E-state index is 0.342. The SMILES string of the molecule is CCCCN(C)S(=O)(=O)c1c[nH]c(CNCC)c1. The van der Waals surface area contributed by atoms with Crippen LogP contribution in [0.15, 0.2) is 17.2 Å². The molecule has 1 aromatic rings. The van der Waals surface area contributed by atoms with E-state index in [9.17, 15) is 8.42 Å². The van der Waals surface area contributed by atoms with Crippen LogP contribution in [0, 0.1) is 0 Å². The van der Waals surface area contributed by atoms with Crippen LogP contribution in [0.4, 0.5) is 0 Å². The zero-order valence-corrected chi connectivity index (χ0v) is 12.2. The highest BCUT2D eigenvalue weighted by atomic mass is 32.2. The van der Waals surface area contributed by atoms with E-state index in [1.165, 1.54) is 4.31 Å². The summed E-state index contributed by atoms with van der Waals surface area (Å²) in [5, 5.41) is 3.15. The summed E-state index contributed by atoms with van der Waals surface area (Å²) in [7, 11) is -1.71. The van der Waals surface area contributed by atoms with Crippen LogP contribution in [-0.4, -0.2) is 37.8 Å². The highest BCUT2D eigenvalue weighted by Gasteiger charge is 2.21. The number of H-pyrrole nitrogens is 1.